The van der Waals surface area contributed by atoms with E-state index < -0.39 is 11.3 Å². The molecule has 0 aromatic heterocycles. The molecule has 5 heteroatoms. The zero-order chi connectivity index (χ0) is 11.4. The van der Waals surface area contributed by atoms with E-state index in [0.29, 0.717) is 5.92 Å². The number of amides is 3. The van der Waals surface area contributed by atoms with Crippen LogP contribution in [0, 0.1) is 5.92 Å². The Hall–Kier alpha value is -0.770. The summed E-state index contributed by atoms with van der Waals surface area (Å²) in [5.41, 5.74) is 0. The Morgan fingerprint density at radius 3 is 2.73 bits per heavy atom. The van der Waals surface area contributed by atoms with Gasteiger partial charge in [-0.2, -0.15) is 0 Å². The molecule has 0 bridgehead atoms. The summed E-state index contributed by atoms with van der Waals surface area (Å²) in [6.45, 7) is 5.13. The molecule has 0 saturated carbocycles. The van der Waals surface area contributed by atoms with Crippen LogP contribution in [0.1, 0.15) is 26.7 Å². The predicted molar refractivity (Wildman–Crippen MR) is 58.8 cm³/mol. The van der Waals surface area contributed by atoms with Crippen LogP contribution in [0.25, 0.3) is 0 Å². The van der Waals surface area contributed by atoms with Crippen LogP contribution in [0.3, 0.4) is 0 Å². The molecule has 2 atom stereocenters. The van der Waals surface area contributed by atoms with Crippen molar-refractivity contribution in [2.75, 3.05) is 13.1 Å². The second-order valence-electron chi connectivity index (χ2n) is 3.92. The third-order valence-electron chi connectivity index (χ3n) is 2.74. The van der Waals surface area contributed by atoms with E-state index in [4.69, 9.17) is 11.6 Å². The molecule has 4 nitrogen and oxygen atoms in total. The van der Waals surface area contributed by atoms with Gasteiger partial charge in [-0.15, -0.1) is 11.6 Å². The average molecular weight is 233 g/mol. The van der Waals surface area contributed by atoms with Crippen LogP contribution in [0.5, 0.6) is 0 Å². The van der Waals surface area contributed by atoms with Crippen molar-refractivity contribution in [3.05, 3.63) is 0 Å². The van der Waals surface area contributed by atoms with E-state index in [1.165, 1.54) is 0 Å². The minimum Gasteiger partial charge on any atom is -0.324 e. The predicted octanol–water partition coefficient (Wildman–Crippen LogP) is 1.58. The van der Waals surface area contributed by atoms with E-state index in [1.807, 2.05) is 0 Å². The van der Waals surface area contributed by atoms with Gasteiger partial charge in [0.25, 0.3) is 0 Å². The van der Waals surface area contributed by atoms with Crippen molar-refractivity contribution >= 4 is 23.5 Å². The number of nitrogens with one attached hydrogen (secondary N) is 1. The highest BCUT2D eigenvalue weighted by atomic mass is 35.5. The topological polar surface area (TPSA) is 49.4 Å². The molecule has 0 aromatic carbocycles. The van der Waals surface area contributed by atoms with Crippen molar-refractivity contribution in [2.24, 2.45) is 5.92 Å². The number of imide groups is 1. The van der Waals surface area contributed by atoms with E-state index in [1.54, 1.807) is 11.8 Å². The summed E-state index contributed by atoms with van der Waals surface area (Å²) in [5.74, 6) is 0.140. The standard InChI is InChI=1S/C10H17ClN2O2/c1-3-8-4-5-13(6-8)10(15)12-9(14)7(2)11/h7-8H,3-6H2,1-2H3,(H,12,14,15). The minimum absolute atomic E-state index is 0.316. The van der Waals surface area contributed by atoms with Crippen molar-refractivity contribution < 1.29 is 9.59 Å². The molecule has 3 amide bonds. The number of carbonyl (C=O) groups excluding carboxylic acids is 2. The fourth-order valence-corrected chi connectivity index (χ4v) is 1.69. The first-order valence-electron chi connectivity index (χ1n) is 5.28. The van der Waals surface area contributed by atoms with Crippen molar-refractivity contribution in [1.29, 1.82) is 0 Å². The zero-order valence-electron chi connectivity index (χ0n) is 9.12. The second-order valence-corrected chi connectivity index (χ2v) is 4.57. The van der Waals surface area contributed by atoms with Gasteiger partial charge in [-0.25, -0.2) is 4.79 Å². The van der Waals surface area contributed by atoms with Gasteiger partial charge in [0.05, 0.1) is 0 Å². The Kier molecular flexibility index (Phi) is 4.39. The van der Waals surface area contributed by atoms with E-state index in [2.05, 4.69) is 12.2 Å². The van der Waals surface area contributed by atoms with E-state index in [0.717, 1.165) is 25.9 Å². The maximum absolute atomic E-state index is 11.6. The molecule has 1 saturated heterocycles. The lowest BCUT2D eigenvalue weighted by atomic mass is 10.1. The average Bonchev–Trinajstić information content (AvgIpc) is 2.65. The summed E-state index contributed by atoms with van der Waals surface area (Å²) in [4.78, 5) is 24.4. The van der Waals surface area contributed by atoms with Crippen molar-refractivity contribution in [2.45, 2.75) is 32.1 Å². The van der Waals surface area contributed by atoms with Crippen molar-refractivity contribution in [3.63, 3.8) is 0 Å². The SMILES string of the molecule is CCC1CCN(C(=O)NC(=O)C(C)Cl)C1. The van der Waals surface area contributed by atoms with Crippen LogP contribution in [0.4, 0.5) is 4.79 Å². The molecule has 0 aliphatic carbocycles. The monoisotopic (exact) mass is 232 g/mol. The maximum atomic E-state index is 11.6. The van der Waals surface area contributed by atoms with Gasteiger partial charge in [-0.05, 0) is 19.3 Å². The van der Waals surface area contributed by atoms with Crippen LogP contribution >= 0.6 is 11.6 Å². The summed E-state index contributed by atoms with van der Waals surface area (Å²) in [7, 11) is 0. The highest BCUT2D eigenvalue weighted by Gasteiger charge is 2.26. The molecule has 15 heavy (non-hydrogen) atoms. The van der Waals surface area contributed by atoms with Crippen molar-refractivity contribution in [1.82, 2.24) is 10.2 Å². The molecule has 0 radical (unpaired) electrons. The number of urea groups is 1. The van der Waals surface area contributed by atoms with E-state index in [-0.39, 0.29) is 6.03 Å². The number of carbonyl (C=O) groups is 2. The van der Waals surface area contributed by atoms with Gasteiger partial charge < -0.3 is 4.90 Å². The van der Waals surface area contributed by atoms with Crippen LogP contribution in [0.2, 0.25) is 0 Å². The Labute approximate surface area is 95.0 Å². The second kappa shape index (κ2) is 5.35. The number of alkyl halides is 1. The minimum atomic E-state index is -0.668. The highest BCUT2D eigenvalue weighted by molar-refractivity contribution is 6.31. The molecule has 2 unspecified atom stereocenters. The van der Waals surface area contributed by atoms with Gasteiger partial charge in [0, 0.05) is 13.1 Å². The molecule has 0 spiro atoms. The molecule has 1 fully saturated rings. The molecule has 1 aliphatic heterocycles. The van der Waals surface area contributed by atoms with Crippen LogP contribution in [-0.4, -0.2) is 35.3 Å². The summed E-state index contributed by atoms with van der Waals surface area (Å²) < 4.78 is 0. The number of hydrogen-bond donors (Lipinski definition) is 1. The normalized spacial score (nSPS) is 22.6. The van der Waals surface area contributed by atoms with Gasteiger partial charge in [-0.3, -0.25) is 10.1 Å². The molecule has 1 rings (SSSR count). The van der Waals surface area contributed by atoms with Gasteiger partial charge in [-0.1, -0.05) is 13.3 Å². The van der Waals surface area contributed by atoms with Gasteiger partial charge in [0.1, 0.15) is 5.38 Å². The first-order chi connectivity index (χ1) is 7.04. The molecule has 1 heterocycles. The molecule has 1 aliphatic rings. The third kappa shape index (κ3) is 3.38. The fraction of sp³-hybridized carbons (Fsp3) is 0.800. The third-order valence-corrected chi connectivity index (χ3v) is 2.94. The summed E-state index contributed by atoms with van der Waals surface area (Å²) >= 11 is 5.55. The van der Waals surface area contributed by atoms with Gasteiger partial charge in [0.15, 0.2) is 0 Å². The Bertz CT molecular complexity index is 256. The molecule has 0 aromatic rings. The Morgan fingerprint density at radius 2 is 2.27 bits per heavy atom. The quantitative estimate of drug-likeness (QED) is 0.735. The lowest BCUT2D eigenvalue weighted by Crippen LogP contribution is -2.44. The van der Waals surface area contributed by atoms with Gasteiger partial charge in [0.2, 0.25) is 5.91 Å². The lowest BCUT2D eigenvalue weighted by molar-refractivity contribution is -0.119. The summed E-state index contributed by atoms with van der Waals surface area (Å²) in [6.07, 6.45) is 2.10. The Morgan fingerprint density at radius 1 is 1.60 bits per heavy atom. The number of nitrogens with zero attached hydrogens (tertiary/aromatic N) is 1. The lowest BCUT2D eigenvalue weighted by Gasteiger charge is -2.16. The first-order valence-corrected chi connectivity index (χ1v) is 5.72. The number of hydrogen-bond acceptors (Lipinski definition) is 2. The van der Waals surface area contributed by atoms with Crippen LogP contribution in [0.15, 0.2) is 0 Å². The van der Waals surface area contributed by atoms with Crippen LogP contribution < -0.4 is 5.32 Å². The zero-order valence-corrected chi connectivity index (χ0v) is 9.88. The number of rotatable bonds is 2. The summed E-state index contributed by atoms with van der Waals surface area (Å²) in [5, 5.41) is 1.61. The number of likely N-dealkylation sites (tertiary alicyclic amines) is 1. The first kappa shape index (κ1) is 12.3. The van der Waals surface area contributed by atoms with Crippen molar-refractivity contribution in [3.8, 4) is 0 Å². The fourth-order valence-electron chi connectivity index (χ4n) is 1.63. The van der Waals surface area contributed by atoms with E-state index in [9.17, 15) is 9.59 Å². The number of halogens is 1. The molecule has 1 N–H and O–H groups in total. The van der Waals surface area contributed by atoms with Crippen LogP contribution in [-0.2, 0) is 4.79 Å². The Balaban J connectivity index is 2.39. The smallest absolute Gasteiger partial charge is 0.324 e. The molecular weight excluding hydrogens is 216 g/mol. The summed E-state index contributed by atoms with van der Waals surface area (Å²) in [6, 6.07) is -0.316. The van der Waals surface area contributed by atoms with E-state index >= 15 is 0 Å². The molecule has 86 valence electrons. The largest absolute Gasteiger partial charge is 0.324 e. The highest BCUT2D eigenvalue weighted by Crippen LogP contribution is 2.18. The molecular formula is C10H17ClN2O2. The van der Waals surface area contributed by atoms with Gasteiger partial charge >= 0.3 is 6.03 Å². The maximum Gasteiger partial charge on any atom is 0.324 e.